The highest BCUT2D eigenvalue weighted by molar-refractivity contribution is 5.70. The van der Waals surface area contributed by atoms with E-state index in [0.29, 0.717) is 17.6 Å². The minimum absolute atomic E-state index is 0.0801. The lowest BCUT2D eigenvalue weighted by Crippen LogP contribution is -2.40. The van der Waals surface area contributed by atoms with E-state index in [-0.39, 0.29) is 5.97 Å². The highest BCUT2D eigenvalue weighted by Crippen LogP contribution is 2.06. The Kier molecular flexibility index (Phi) is 9.14. The third-order valence-corrected chi connectivity index (χ3v) is 2.61. The summed E-state index contributed by atoms with van der Waals surface area (Å²) in [6, 6.07) is 0. The summed E-state index contributed by atoms with van der Waals surface area (Å²) in [5.41, 5.74) is 0. The molecule has 0 amide bonds. The number of hydrogen-bond acceptors (Lipinski definition) is 2. The van der Waals surface area contributed by atoms with Gasteiger partial charge in [0.05, 0.1) is 27.7 Å². The molecule has 0 fully saturated rings. The molecule has 0 N–H and O–H groups in total. The molecule has 0 aliphatic carbocycles. The van der Waals surface area contributed by atoms with Crippen molar-refractivity contribution in [1.82, 2.24) is 0 Å². The van der Waals surface area contributed by atoms with E-state index in [9.17, 15) is 4.79 Å². The molecule has 0 aromatic carbocycles. The van der Waals surface area contributed by atoms with E-state index in [1.54, 1.807) is 0 Å². The zero-order valence-electron chi connectivity index (χ0n) is 12.1. The van der Waals surface area contributed by atoms with Gasteiger partial charge in [0.15, 0.2) is 6.54 Å². The van der Waals surface area contributed by atoms with E-state index >= 15 is 0 Å². The number of quaternary nitrogens is 1. The normalized spacial score (nSPS) is 11.5. The zero-order valence-corrected chi connectivity index (χ0v) is 12.1. The second-order valence-corrected chi connectivity index (χ2v) is 5.79. The first-order chi connectivity index (χ1) is 7.95. The predicted molar refractivity (Wildman–Crippen MR) is 71.9 cm³/mol. The van der Waals surface area contributed by atoms with Crippen LogP contribution in [0.3, 0.4) is 0 Å². The molecule has 0 saturated heterocycles. The van der Waals surface area contributed by atoms with Crippen LogP contribution in [0.1, 0.15) is 51.9 Å². The van der Waals surface area contributed by atoms with Crippen LogP contribution in [0.25, 0.3) is 0 Å². The number of esters is 1. The van der Waals surface area contributed by atoms with Crippen molar-refractivity contribution in [2.75, 3.05) is 34.3 Å². The van der Waals surface area contributed by atoms with Gasteiger partial charge < -0.3 is 9.22 Å². The summed E-state index contributed by atoms with van der Waals surface area (Å²) in [7, 11) is 5.99. The summed E-state index contributed by atoms with van der Waals surface area (Å²) in [5, 5.41) is 0. The number of ether oxygens (including phenoxy) is 1. The smallest absolute Gasteiger partial charge is 0.361 e. The summed E-state index contributed by atoms with van der Waals surface area (Å²) in [6.45, 7) is 3.27. The van der Waals surface area contributed by atoms with Crippen molar-refractivity contribution in [3.63, 3.8) is 0 Å². The summed E-state index contributed by atoms with van der Waals surface area (Å²) in [6.07, 6.45) is 8.77. The van der Waals surface area contributed by atoms with Crippen molar-refractivity contribution >= 4 is 5.97 Å². The maximum absolute atomic E-state index is 11.4. The van der Waals surface area contributed by atoms with E-state index in [2.05, 4.69) is 6.92 Å². The maximum atomic E-state index is 11.4. The molecular formula is C14H30NO2+. The van der Waals surface area contributed by atoms with Crippen LogP contribution in [0.2, 0.25) is 0 Å². The molecule has 3 heteroatoms. The quantitative estimate of drug-likeness (QED) is 0.335. The molecule has 102 valence electrons. The van der Waals surface area contributed by atoms with Gasteiger partial charge in [0, 0.05) is 0 Å². The summed E-state index contributed by atoms with van der Waals surface area (Å²) < 4.78 is 5.83. The number of carbonyl (C=O) groups is 1. The molecule has 0 spiro atoms. The Morgan fingerprint density at radius 3 is 2.00 bits per heavy atom. The molecular weight excluding hydrogens is 214 g/mol. The monoisotopic (exact) mass is 244 g/mol. The highest BCUT2D eigenvalue weighted by Gasteiger charge is 2.14. The summed E-state index contributed by atoms with van der Waals surface area (Å²) >= 11 is 0. The number of hydrogen-bond donors (Lipinski definition) is 0. The molecule has 0 aliphatic heterocycles. The van der Waals surface area contributed by atoms with E-state index in [4.69, 9.17) is 4.74 Å². The first-order valence-corrected chi connectivity index (χ1v) is 6.92. The van der Waals surface area contributed by atoms with Gasteiger partial charge in [-0.2, -0.15) is 0 Å². The zero-order chi connectivity index (χ0) is 13.1. The number of nitrogens with zero attached hydrogens (tertiary/aromatic N) is 1. The Hall–Kier alpha value is -0.570. The SMILES string of the molecule is CCCCCCCCCOC(=O)C[N+](C)(C)C. The van der Waals surface area contributed by atoms with Crippen LogP contribution in [-0.4, -0.2) is 44.7 Å². The van der Waals surface area contributed by atoms with E-state index < -0.39 is 0 Å². The van der Waals surface area contributed by atoms with Crippen molar-refractivity contribution in [2.24, 2.45) is 0 Å². The van der Waals surface area contributed by atoms with Crippen molar-refractivity contribution in [3.05, 3.63) is 0 Å². The van der Waals surface area contributed by atoms with Gasteiger partial charge in [0.2, 0.25) is 0 Å². The fraction of sp³-hybridized carbons (Fsp3) is 0.929. The lowest BCUT2D eigenvalue weighted by molar-refractivity contribution is -0.862. The number of carbonyl (C=O) groups excluding carboxylic acids is 1. The molecule has 0 radical (unpaired) electrons. The van der Waals surface area contributed by atoms with Gasteiger partial charge in [-0.1, -0.05) is 45.4 Å². The van der Waals surface area contributed by atoms with Crippen molar-refractivity contribution in [3.8, 4) is 0 Å². The Balaban J connectivity index is 3.25. The molecule has 3 nitrogen and oxygen atoms in total. The van der Waals surface area contributed by atoms with Crippen LogP contribution in [-0.2, 0) is 9.53 Å². The largest absolute Gasteiger partial charge is 0.462 e. The molecule has 0 aromatic rings. The molecule has 0 aromatic heterocycles. The average molecular weight is 244 g/mol. The van der Waals surface area contributed by atoms with Crippen molar-refractivity contribution < 1.29 is 14.0 Å². The predicted octanol–water partition coefficient (Wildman–Crippen LogP) is 2.99. The highest BCUT2D eigenvalue weighted by atomic mass is 16.5. The van der Waals surface area contributed by atoms with Gasteiger partial charge in [-0.3, -0.25) is 0 Å². The van der Waals surface area contributed by atoms with Crippen molar-refractivity contribution in [2.45, 2.75) is 51.9 Å². The fourth-order valence-electron chi connectivity index (χ4n) is 1.68. The van der Waals surface area contributed by atoms with Gasteiger partial charge in [0.25, 0.3) is 0 Å². The van der Waals surface area contributed by atoms with Gasteiger partial charge in [-0.25, -0.2) is 4.79 Å². The Morgan fingerprint density at radius 1 is 0.941 bits per heavy atom. The van der Waals surface area contributed by atoms with Gasteiger partial charge >= 0.3 is 5.97 Å². The minimum atomic E-state index is -0.0801. The third-order valence-electron chi connectivity index (χ3n) is 2.61. The van der Waals surface area contributed by atoms with Crippen LogP contribution in [0.5, 0.6) is 0 Å². The van der Waals surface area contributed by atoms with Crippen LogP contribution in [0, 0.1) is 0 Å². The lowest BCUT2D eigenvalue weighted by Gasteiger charge is -2.22. The van der Waals surface area contributed by atoms with Gasteiger partial charge in [0.1, 0.15) is 0 Å². The van der Waals surface area contributed by atoms with Crippen LogP contribution < -0.4 is 0 Å². The minimum Gasteiger partial charge on any atom is -0.462 e. The molecule has 0 heterocycles. The second-order valence-electron chi connectivity index (χ2n) is 5.79. The Bertz CT molecular complexity index is 197. The van der Waals surface area contributed by atoms with Crippen LogP contribution in [0.4, 0.5) is 0 Å². The lowest BCUT2D eigenvalue weighted by atomic mass is 10.1. The maximum Gasteiger partial charge on any atom is 0.361 e. The Labute approximate surface area is 107 Å². The first kappa shape index (κ1) is 16.4. The third kappa shape index (κ3) is 13.4. The second kappa shape index (κ2) is 9.46. The Morgan fingerprint density at radius 2 is 1.47 bits per heavy atom. The average Bonchev–Trinajstić information content (AvgIpc) is 2.19. The number of likely N-dealkylation sites (N-methyl/N-ethyl adjacent to an activating group) is 1. The standard InChI is InChI=1S/C14H30NO2/c1-5-6-7-8-9-10-11-12-17-14(16)13-15(2,3)4/h5-13H2,1-4H3/q+1. The summed E-state index contributed by atoms with van der Waals surface area (Å²) in [4.78, 5) is 11.4. The molecule has 0 aliphatic rings. The van der Waals surface area contributed by atoms with Crippen LogP contribution in [0.15, 0.2) is 0 Å². The van der Waals surface area contributed by atoms with Crippen molar-refractivity contribution in [1.29, 1.82) is 0 Å². The molecule has 0 unspecified atom stereocenters. The van der Waals surface area contributed by atoms with E-state index in [0.717, 1.165) is 6.42 Å². The van der Waals surface area contributed by atoms with E-state index in [1.165, 1.54) is 38.5 Å². The molecule has 0 atom stereocenters. The van der Waals surface area contributed by atoms with Crippen LogP contribution >= 0.6 is 0 Å². The topological polar surface area (TPSA) is 26.3 Å². The summed E-state index contributed by atoms with van der Waals surface area (Å²) in [5.74, 6) is -0.0801. The molecule has 17 heavy (non-hydrogen) atoms. The molecule has 0 rings (SSSR count). The molecule has 0 saturated carbocycles. The molecule has 0 bridgehead atoms. The van der Waals surface area contributed by atoms with Gasteiger partial charge in [-0.05, 0) is 6.42 Å². The number of rotatable bonds is 10. The number of unbranched alkanes of at least 4 members (excludes halogenated alkanes) is 6. The van der Waals surface area contributed by atoms with Gasteiger partial charge in [-0.15, -0.1) is 0 Å². The van der Waals surface area contributed by atoms with E-state index in [1.807, 2.05) is 21.1 Å². The first-order valence-electron chi connectivity index (χ1n) is 6.92. The fourth-order valence-corrected chi connectivity index (χ4v) is 1.68.